The van der Waals surface area contributed by atoms with E-state index in [-0.39, 0.29) is 11.4 Å². The van der Waals surface area contributed by atoms with Crippen LogP contribution in [0.2, 0.25) is 10.0 Å². The average Bonchev–Trinajstić information content (AvgIpc) is 3.29. The first-order valence-corrected chi connectivity index (χ1v) is 13.5. The second-order valence-electron chi connectivity index (χ2n) is 9.57. The van der Waals surface area contributed by atoms with Gasteiger partial charge in [0.1, 0.15) is 11.5 Å². The van der Waals surface area contributed by atoms with Crippen molar-refractivity contribution in [2.45, 2.75) is 50.6 Å². The van der Waals surface area contributed by atoms with E-state index in [4.69, 9.17) is 28.2 Å². The summed E-state index contributed by atoms with van der Waals surface area (Å²) in [6, 6.07) is 17.7. The van der Waals surface area contributed by atoms with Crippen molar-refractivity contribution in [3.05, 3.63) is 88.0 Å². The quantitative estimate of drug-likeness (QED) is 0.219. The Morgan fingerprint density at radius 2 is 1.76 bits per heavy atom. The van der Waals surface area contributed by atoms with Crippen molar-refractivity contribution in [2.24, 2.45) is 0 Å². The van der Waals surface area contributed by atoms with Crippen LogP contribution in [-0.4, -0.2) is 32.4 Å². The van der Waals surface area contributed by atoms with E-state index in [1.165, 1.54) is 19.3 Å². The minimum atomic E-state index is -1.05. The van der Waals surface area contributed by atoms with E-state index in [2.05, 4.69) is 10.6 Å². The number of carboxylic acid groups (broad SMARTS) is 1. The molecule has 9 heteroatoms. The molecule has 7 nitrogen and oxygen atoms in total. The lowest BCUT2D eigenvalue weighted by Crippen LogP contribution is -2.30. The van der Waals surface area contributed by atoms with Gasteiger partial charge < -0.3 is 15.7 Å². The molecule has 5 rings (SSSR count). The van der Waals surface area contributed by atoms with Gasteiger partial charge in [0.2, 0.25) is 0 Å². The summed E-state index contributed by atoms with van der Waals surface area (Å²) in [4.78, 5) is 30.1. The molecule has 0 spiro atoms. The van der Waals surface area contributed by atoms with E-state index in [1.807, 2.05) is 40.9 Å². The van der Waals surface area contributed by atoms with E-state index in [0.717, 1.165) is 29.9 Å². The zero-order valence-electron chi connectivity index (χ0n) is 20.7. The van der Waals surface area contributed by atoms with Crippen molar-refractivity contribution in [2.75, 3.05) is 5.32 Å². The largest absolute Gasteiger partial charge is 0.481 e. The van der Waals surface area contributed by atoms with Crippen molar-refractivity contribution in [1.82, 2.24) is 14.7 Å². The number of imidazole rings is 1. The molecule has 3 N–H and O–H groups in total. The van der Waals surface area contributed by atoms with Crippen LogP contribution in [0.5, 0.6) is 0 Å². The molecule has 4 aromatic rings. The standard InChI is InChI=1S/C29H28Cl2N4O3/c30-22-14-13-19(16-23(22)31)24(17-25(36)37)33-29(38)21-12-7-15-35-27(21)34-26(18-8-3-1-4-9-18)28(35)32-20-10-5-2-6-11-20/h1,3-4,7-9,12-16,20,24,32H,2,5-6,10-11,17H2,(H,33,38)(H,36,37). The van der Waals surface area contributed by atoms with Gasteiger partial charge in [-0.15, -0.1) is 0 Å². The lowest BCUT2D eigenvalue weighted by atomic mass is 9.95. The molecule has 2 aromatic heterocycles. The normalized spacial score (nSPS) is 14.8. The number of hydrogen-bond donors (Lipinski definition) is 3. The number of nitrogens with zero attached hydrogens (tertiary/aromatic N) is 2. The zero-order valence-corrected chi connectivity index (χ0v) is 22.2. The Bertz CT molecular complexity index is 1470. The Balaban J connectivity index is 1.54. The summed E-state index contributed by atoms with van der Waals surface area (Å²) in [6.45, 7) is 0. The van der Waals surface area contributed by atoms with Crippen LogP contribution < -0.4 is 10.6 Å². The number of aromatic nitrogens is 2. The van der Waals surface area contributed by atoms with Crippen LogP contribution in [-0.2, 0) is 4.79 Å². The van der Waals surface area contributed by atoms with Gasteiger partial charge >= 0.3 is 5.97 Å². The monoisotopic (exact) mass is 550 g/mol. The molecule has 38 heavy (non-hydrogen) atoms. The predicted octanol–water partition coefficient (Wildman–Crippen LogP) is 7.00. The lowest BCUT2D eigenvalue weighted by Gasteiger charge is -2.24. The molecule has 1 unspecified atom stereocenters. The summed E-state index contributed by atoms with van der Waals surface area (Å²) in [5.41, 5.74) is 3.10. The fourth-order valence-corrected chi connectivity index (χ4v) is 5.32. The van der Waals surface area contributed by atoms with Gasteiger partial charge in [0, 0.05) is 17.8 Å². The van der Waals surface area contributed by atoms with Gasteiger partial charge in [-0.05, 0) is 42.7 Å². The van der Waals surface area contributed by atoms with Crippen molar-refractivity contribution >= 4 is 46.5 Å². The summed E-state index contributed by atoms with van der Waals surface area (Å²) < 4.78 is 1.91. The van der Waals surface area contributed by atoms with E-state index in [1.54, 1.807) is 30.3 Å². The molecular weight excluding hydrogens is 523 g/mol. The summed E-state index contributed by atoms with van der Waals surface area (Å²) in [7, 11) is 0. The number of fused-ring (bicyclic) bond motifs is 1. The predicted molar refractivity (Wildman–Crippen MR) is 150 cm³/mol. The Labute approximate surface area is 230 Å². The van der Waals surface area contributed by atoms with Gasteiger partial charge in [0.15, 0.2) is 5.65 Å². The van der Waals surface area contributed by atoms with Crippen LogP contribution in [0.1, 0.15) is 60.5 Å². The van der Waals surface area contributed by atoms with Crippen LogP contribution in [0.15, 0.2) is 66.9 Å². The first kappa shape index (κ1) is 26.1. The molecule has 1 saturated carbocycles. The molecule has 0 aliphatic heterocycles. The summed E-state index contributed by atoms with van der Waals surface area (Å²) >= 11 is 12.2. The molecule has 1 aliphatic rings. The number of benzene rings is 2. The van der Waals surface area contributed by atoms with E-state index in [9.17, 15) is 14.7 Å². The Morgan fingerprint density at radius 3 is 2.47 bits per heavy atom. The number of rotatable bonds is 8. The van der Waals surface area contributed by atoms with Crippen molar-refractivity contribution in [3.8, 4) is 11.3 Å². The number of carbonyl (C=O) groups excluding carboxylic acids is 1. The van der Waals surface area contributed by atoms with Crippen molar-refractivity contribution < 1.29 is 14.7 Å². The number of anilines is 1. The molecule has 196 valence electrons. The minimum Gasteiger partial charge on any atom is -0.481 e. The van der Waals surface area contributed by atoms with Gasteiger partial charge in [-0.3, -0.25) is 14.0 Å². The molecule has 1 aliphatic carbocycles. The average molecular weight is 551 g/mol. The van der Waals surface area contributed by atoms with Gasteiger partial charge in [0.05, 0.1) is 28.1 Å². The summed E-state index contributed by atoms with van der Waals surface area (Å²) in [6.07, 6.45) is 7.36. The highest BCUT2D eigenvalue weighted by Crippen LogP contribution is 2.33. The third-order valence-electron chi connectivity index (χ3n) is 6.92. The maximum Gasteiger partial charge on any atom is 0.305 e. The lowest BCUT2D eigenvalue weighted by molar-refractivity contribution is -0.137. The van der Waals surface area contributed by atoms with Crippen LogP contribution in [0.4, 0.5) is 5.82 Å². The first-order valence-electron chi connectivity index (χ1n) is 12.7. The molecule has 0 bridgehead atoms. The number of aliphatic carboxylic acids is 1. The number of pyridine rings is 1. The number of carbonyl (C=O) groups is 2. The number of halogens is 2. The molecule has 0 radical (unpaired) electrons. The number of amides is 1. The first-order chi connectivity index (χ1) is 18.4. The Morgan fingerprint density at radius 1 is 1.00 bits per heavy atom. The number of carboxylic acids is 1. The van der Waals surface area contributed by atoms with E-state index in [0.29, 0.717) is 27.8 Å². The SMILES string of the molecule is O=C(O)CC(NC(=O)c1cccn2c(NC3CCCCC3)c(-c3ccccc3)nc12)c1ccc(Cl)c(Cl)c1. The molecule has 2 aromatic carbocycles. The molecule has 1 amide bonds. The third-order valence-corrected chi connectivity index (χ3v) is 7.66. The molecule has 1 fully saturated rings. The second kappa shape index (κ2) is 11.5. The fraction of sp³-hybridized carbons (Fsp3) is 0.276. The number of nitrogens with one attached hydrogen (secondary N) is 2. The Hall–Kier alpha value is -3.55. The van der Waals surface area contributed by atoms with E-state index < -0.39 is 17.9 Å². The maximum absolute atomic E-state index is 13.6. The van der Waals surface area contributed by atoms with E-state index >= 15 is 0 Å². The minimum absolute atomic E-state index is 0.287. The van der Waals surface area contributed by atoms with Crippen molar-refractivity contribution in [1.29, 1.82) is 0 Å². The molecule has 2 heterocycles. The van der Waals surface area contributed by atoms with Crippen molar-refractivity contribution in [3.63, 3.8) is 0 Å². The molecule has 0 saturated heterocycles. The van der Waals surface area contributed by atoms with Gasteiger partial charge in [-0.2, -0.15) is 0 Å². The smallest absolute Gasteiger partial charge is 0.305 e. The fourth-order valence-electron chi connectivity index (χ4n) is 5.01. The number of hydrogen-bond acceptors (Lipinski definition) is 4. The van der Waals surface area contributed by atoms with Crippen LogP contribution >= 0.6 is 23.2 Å². The van der Waals surface area contributed by atoms with Gasteiger partial charge in [-0.1, -0.05) is 78.9 Å². The van der Waals surface area contributed by atoms with Crippen LogP contribution in [0, 0.1) is 0 Å². The molecular formula is C29H28Cl2N4O3. The molecule has 1 atom stereocenters. The van der Waals surface area contributed by atoms with Gasteiger partial charge in [-0.25, -0.2) is 4.98 Å². The van der Waals surface area contributed by atoms with Crippen LogP contribution in [0.3, 0.4) is 0 Å². The third kappa shape index (κ3) is 5.64. The highest BCUT2D eigenvalue weighted by molar-refractivity contribution is 6.42. The highest BCUT2D eigenvalue weighted by Gasteiger charge is 2.25. The maximum atomic E-state index is 13.6. The Kier molecular flexibility index (Phi) is 7.86. The summed E-state index contributed by atoms with van der Waals surface area (Å²) in [5, 5.41) is 16.7. The zero-order chi connectivity index (χ0) is 26.6. The summed E-state index contributed by atoms with van der Waals surface area (Å²) in [5.74, 6) is -0.633. The second-order valence-corrected chi connectivity index (χ2v) is 10.4. The topological polar surface area (TPSA) is 95.7 Å². The van der Waals surface area contributed by atoms with Crippen LogP contribution in [0.25, 0.3) is 16.9 Å². The van der Waals surface area contributed by atoms with Gasteiger partial charge in [0.25, 0.3) is 5.91 Å². The highest BCUT2D eigenvalue weighted by atomic mass is 35.5.